The highest BCUT2D eigenvalue weighted by atomic mass is 35.5. The normalized spacial score (nSPS) is 17.3. The number of benzene rings is 1. The van der Waals surface area contributed by atoms with Crippen LogP contribution in [0.3, 0.4) is 0 Å². The molecule has 1 aliphatic rings. The molecular formula is C17H24ClN3O2. The number of carbonyl (C=O) groups excluding carboxylic acids is 2. The highest BCUT2D eigenvalue weighted by Crippen LogP contribution is 2.20. The van der Waals surface area contributed by atoms with E-state index >= 15 is 0 Å². The Hall–Kier alpha value is -1.59. The average Bonchev–Trinajstić information content (AvgIpc) is 2.55. The van der Waals surface area contributed by atoms with Gasteiger partial charge in [-0.1, -0.05) is 29.8 Å². The molecular weight excluding hydrogens is 314 g/mol. The van der Waals surface area contributed by atoms with Crippen LogP contribution < -0.4 is 5.73 Å². The summed E-state index contributed by atoms with van der Waals surface area (Å²) in [7, 11) is 1.92. The molecule has 1 aliphatic heterocycles. The van der Waals surface area contributed by atoms with Crippen molar-refractivity contribution < 1.29 is 9.59 Å². The van der Waals surface area contributed by atoms with Gasteiger partial charge in [0.05, 0.1) is 6.04 Å². The molecule has 126 valence electrons. The lowest BCUT2D eigenvalue weighted by molar-refractivity contribution is -0.139. The zero-order valence-corrected chi connectivity index (χ0v) is 14.4. The molecule has 1 aromatic rings. The monoisotopic (exact) mass is 337 g/mol. The van der Waals surface area contributed by atoms with Crippen LogP contribution in [0.25, 0.3) is 0 Å². The van der Waals surface area contributed by atoms with Crippen molar-refractivity contribution in [3.63, 3.8) is 0 Å². The minimum atomic E-state index is -0.263. The van der Waals surface area contributed by atoms with Crippen LogP contribution in [-0.2, 0) is 16.1 Å². The molecule has 6 heteroatoms. The number of piperidine rings is 1. The number of hydrogen-bond donors (Lipinski definition) is 1. The summed E-state index contributed by atoms with van der Waals surface area (Å²) in [5.74, 6) is -0.279. The summed E-state index contributed by atoms with van der Waals surface area (Å²) in [6.45, 7) is 3.71. The first-order valence-electron chi connectivity index (χ1n) is 7.92. The number of halogens is 1. The van der Waals surface area contributed by atoms with Gasteiger partial charge in [0.1, 0.15) is 0 Å². The number of primary amides is 1. The van der Waals surface area contributed by atoms with E-state index in [4.69, 9.17) is 17.3 Å². The standard InChI is InChI=1S/C17H24ClN3O2/c1-12(20(2)11-14-5-3-4-6-15(14)18)17(23)21-9-7-13(8-10-21)16(19)22/h3-6,12-13H,7-11H2,1-2H3,(H2,19,22). The zero-order valence-electron chi connectivity index (χ0n) is 13.7. The second kappa shape index (κ2) is 7.79. The minimum Gasteiger partial charge on any atom is -0.369 e. The van der Waals surface area contributed by atoms with Gasteiger partial charge >= 0.3 is 0 Å². The fourth-order valence-electron chi connectivity index (χ4n) is 2.87. The molecule has 1 fully saturated rings. The highest BCUT2D eigenvalue weighted by molar-refractivity contribution is 6.31. The molecule has 0 aliphatic carbocycles. The van der Waals surface area contributed by atoms with Crippen molar-refractivity contribution in [3.8, 4) is 0 Å². The van der Waals surface area contributed by atoms with E-state index < -0.39 is 0 Å². The molecule has 1 atom stereocenters. The molecule has 5 nitrogen and oxygen atoms in total. The summed E-state index contributed by atoms with van der Waals surface area (Å²) in [5.41, 5.74) is 6.34. The van der Waals surface area contributed by atoms with E-state index in [-0.39, 0.29) is 23.8 Å². The van der Waals surface area contributed by atoms with Crippen LogP contribution in [0, 0.1) is 5.92 Å². The van der Waals surface area contributed by atoms with E-state index in [0.717, 1.165) is 5.56 Å². The largest absolute Gasteiger partial charge is 0.369 e. The Morgan fingerprint density at radius 2 is 1.96 bits per heavy atom. The Morgan fingerprint density at radius 1 is 1.35 bits per heavy atom. The molecule has 1 unspecified atom stereocenters. The number of rotatable bonds is 5. The molecule has 23 heavy (non-hydrogen) atoms. The molecule has 1 heterocycles. The van der Waals surface area contributed by atoms with Gasteiger partial charge in [-0.15, -0.1) is 0 Å². The first kappa shape index (κ1) is 17.8. The van der Waals surface area contributed by atoms with E-state index in [9.17, 15) is 9.59 Å². The van der Waals surface area contributed by atoms with Gasteiger partial charge in [-0.05, 0) is 38.4 Å². The maximum Gasteiger partial charge on any atom is 0.239 e. The van der Waals surface area contributed by atoms with Crippen LogP contribution in [-0.4, -0.2) is 47.8 Å². The van der Waals surface area contributed by atoms with Crippen molar-refractivity contribution in [2.24, 2.45) is 11.7 Å². The summed E-state index contributed by atoms with van der Waals surface area (Å²) in [5, 5.41) is 0.710. The first-order valence-corrected chi connectivity index (χ1v) is 8.29. The second-order valence-electron chi connectivity index (χ2n) is 6.18. The predicted molar refractivity (Wildman–Crippen MR) is 90.9 cm³/mol. The Labute approximate surface area is 142 Å². The van der Waals surface area contributed by atoms with Gasteiger partial charge in [0.15, 0.2) is 0 Å². The predicted octanol–water partition coefficient (Wildman–Crippen LogP) is 1.88. The molecule has 0 bridgehead atoms. The minimum absolute atomic E-state index is 0.0856. The third-order valence-corrected chi connectivity index (χ3v) is 4.97. The van der Waals surface area contributed by atoms with Crippen LogP contribution in [0.1, 0.15) is 25.3 Å². The maximum absolute atomic E-state index is 12.6. The van der Waals surface area contributed by atoms with Crippen LogP contribution in [0.2, 0.25) is 5.02 Å². The molecule has 0 aromatic heterocycles. The van der Waals surface area contributed by atoms with Gasteiger partial charge < -0.3 is 10.6 Å². The van der Waals surface area contributed by atoms with Crippen molar-refractivity contribution >= 4 is 23.4 Å². The fraction of sp³-hybridized carbons (Fsp3) is 0.529. The van der Waals surface area contributed by atoms with Crippen molar-refractivity contribution in [2.75, 3.05) is 20.1 Å². The van der Waals surface area contributed by atoms with Crippen LogP contribution in [0.4, 0.5) is 0 Å². The van der Waals surface area contributed by atoms with Crippen LogP contribution in [0.15, 0.2) is 24.3 Å². The van der Waals surface area contributed by atoms with Gasteiger partial charge in [0, 0.05) is 30.6 Å². The lowest BCUT2D eigenvalue weighted by Crippen LogP contribution is -2.49. The highest BCUT2D eigenvalue weighted by Gasteiger charge is 2.29. The van der Waals surface area contributed by atoms with Crippen LogP contribution >= 0.6 is 11.6 Å². The number of hydrogen-bond acceptors (Lipinski definition) is 3. The average molecular weight is 338 g/mol. The van der Waals surface area contributed by atoms with E-state index in [1.165, 1.54) is 0 Å². The van der Waals surface area contributed by atoms with Crippen molar-refractivity contribution in [1.82, 2.24) is 9.80 Å². The molecule has 1 saturated heterocycles. The Balaban J connectivity index is 1.92. The number of nitrogens with zero attached hydrogens (tertiary/aromatic N) is 2. The lowest BCUT2D eigenvalue weighted by Gasteiger charge is -2.34. The van der Waals surface area contributed by atoms with Gasteiger partial charge in [-0.3, -0.25) is 14.5 Å². The van der Waals surface area contributed by atoms with Crippen LogP contribution in [0.5, 0.6) is 0 Å². The number of amides is 2. The molecule has 2 amide bonds. The molecule has 0 saturated carbocycles. The summed E-state index contributed by atoms with van der Waals surface area (Å²) in [6.07, 6.45) is 1.31. The first-order chi connectivity index (χ1) is 10.9. The van der Waals surface area contributed by atoms with Gasteiger partial charge in [-0.2, -0.15) is 0 Å². The Kier molecular flexibility index (Phi) is 6.02. The van der Waals surface area contributed by atoms with Gasteiger partial charge in [0.25, 0.3) is 0 Å². The topological polar surface area (TPSA) is 66.6 Å². The van der Waals surface area contributed by atoms with Crippen molar-refractivity contribution in [2.45, 2.75) is 32.4 Å². The number of likely N-dealkylation sites (N-methyl/N-ethyl adjacent to an activating group) is 1. The molecule has 0 radical (unpaired) electrons. The number of nitrogens with two attached hydrogens (primary N) is 1. The molecule has 2 rings (SSSR count). The summed E-state index contributed by atoms with van der Waals surface area (Å²) >= 11 is 6.18. The maximum atomic E-state index is 12.6. The van der Waals surface area contributed by atoms with Gasteiger partial charge in [-0.25, -0.2) is 0 Å². The third kappa shape index (κ3) is 4.45. The van der Waals surface area contributed by atoms with Crippen molar-refractivity contribution in [1.29, 1.82) is 0 Å². The molecule has 0 spiro atoms. The number of likely N-dealkylation sites (tertiary alicyclic amines) is 1. The fourth-order valence-corrected chi connectivity index (χ4v) is 3.06. The second-order valence-corrected chi connectivity index (χ2v) is 6.59. The smallest absolute Gasteiger partial charge is 0.239 e. The summed E-state index contributed by atoms with van der Waals surface area (Å²) in [4.78, 5) is 27.6. The molecule has 2 N–H and O–H groups in total. The quantitative estimate of drug-likeness (QED) is 0.892. The zero-order chi connectivity index (χ0) is 17.0. The molecule has 1 aromatic carbocycles. The van der Waals surface area contributed by atoms with E-state index in [2.05, 4.69) is 0 Å². The SMILES string of the molecule is CC(C(=O)N1CCC(C(N)=O)CC1)N(C)Cc1ccccc1Cl. The van der Waals surface area contributed by atoms with E-state index in [1.807, 2.05) is 48.0 Å². The Bertz CT molecular complexity index is 571. The van der Waals surface area contributed by atoms with E-state index in [0.29, 0.717) is 37.5 Å². The van der Waals surface area contributed by atoms with Gasteiger partial charge in [0.2, 0.25) is 11.8 Å². The third-order valence-electron chi connectivity index (χ3n) is 4.61. The summed E-state index contributed by atoms with van der Waals surface area (Å²) in [6, 6.07) is 7.41. The summed E-state index contributed by atoms with van der Waals surface area (Å²) < 4.78 is 0. The van der Waals surface area contributed by atoms with Crippen molar-refractivity contribution in [3.05, 3.63) is 34.9 Å². The number of carbonyl (C=O) groups is 2. The Morgan fingerprint density at radius 3 is 2.52 bits per heavy atom. The van der Waals surface area contributed by atoms with E-state index in [1.54, 1.807) is 0 Å². The lowest BCUT2D eigenvalue weighted by atomic mass is 9.96.